The molecular weight excluding hydrogens is 308 g/mol. The molecule has 1 aromatic heterocycles. The monoisotopic (exact) mass is 324 g/mol. The summed E-state index contributed by atoms with van der Waals surface area (Å²) in [6, 6.07) is 3.07. The summed E-state index contributed by atoms with van der Waals surface area (Å²) in [5.41, 5.74) is 3.34. The Hall–Kier alpha value is -2.35. The number of anilines is 1. The molecule has 0 atom stereocenters. The van der Waals surface area contributed by atoms with Gasteiger partial charge >= 0.3 is 12.1 Å². The molecule has 0 spiro atoms. The Bertz CT molecular complexity index is 733. The molecule has 2 N–H and O–H groups in total. The molecule has 0 aliphatic heterocycles. The molecule has 1 aromatic carbocycles. The third-order valence-corrected chi connectivity index (χ3v) is 3.44. The molecule has 0 radical (unpaired) electrons. The third-order valence-electron chi connectivity index (χ3n) is 2.54. The van der Waals surface area contributed by atoms with Crippen LogP contribution in [0.1, 0.15) is 36.7 Å². The van der Waals surface area contributed by atoms with Gasteiger partial charge in [-0.05, 0) is 45.4 Å². The molecule has 0 saturated heterocycles. The largest absolute Gasteiger partial charge is 0.533 e. The van der Waals surface area contributed by atoms with Crippen LogP contribution in [0.2, 0.25) is 0 Å². The third kappa shape index (κ3) is 3.85. The fraction of sp³-hybridized carbons (Fsp3) is 0.357. The normalized spacial score (nSPS) is 11.3. The van der Waals surface area contributed by atoms with E-state index in [1.165, 1.54) is 17.4 Å². The molecule has 0 aliphatic carbocycles. The molecule has 0 aliphatic rings. The van der Waals surface area contributed by atoms with Crippen LogP contribution in [0.5, 0.6) is 0 Å². The lowest BCUT2D eigenvalue weighted by molar-refractivity contribution is 0.00297. The highest BCUT2D eigenvalue weighted by Gasteiger charge is 2.18. The molecule has 2 rings (SSSR count). The number of aryl methyl sites for hydroxylation is 1. The Morgan fingerprint density at radius 2 is 2.00 bits per heavy atom. The zero-order valence-electron chi connectivity index (χ0n) is 12.6. The number of hydrogen-bond donors (Lipinski definition) is 2. The van der Waals surface area contributed by atoms with Gasteiger partial charge < -0.3 is 14.7 Å². The fourth-order valence-corrected chi connectivity index (χ4v) is 2.64. The van der Waals surface area contributed by atoms with Crippen LogP contribution in [-0.2, 0) is 9.57 Å². The highest BCUT2D eigenvalue weighted by Crippen LogP contribution is 2.29. The highest BCUT2D eigenvalue weighted by molar-refractivity contribution is 7.22. The SMILES string of the molecule is Cc1cc(C(=O)O)cc2sc(NOC(=O)OC(C)(C)C)nc12. The van der Waals surface area contributed by atoms with Gasteiger partial charge in [-0.15, -0.1) is 0 Å². The van der Waals surface area contributed by atoms with E-state index in [1.54, 1.807) is 33.8 Å². The molecular formula is C14H16N2O5S. The van der Waals surface area contributed by atoms with Gasteiger partial charge in [-0.3, -0.25) is 0 Å². The van der Waals surface area contributed by atoms with Crippen molar-refractivity contribution in [2.45, 2.75) is 33.3 Å². The Kier molecular flexibility index (Phi) is 4.23. The minimum Gasteiger partial charge on any atom is -0.478 e. The molecule has 0 fully saturated rings. The van der Waals surface area contributed by atoms with Gasteiger partial charge in [0, 0.05) is 0 Å². The van der Waals surface area contributed by atoms with Gasteiger partial charge in [-0.2, -0.15) is 5.48 Å². The van der Waals surface area contributed by atoms with Crippen molar-refractivity contribution in [1.82, 2.24) is 4.98 Å². The molecule has 8 heteroatoms. The van der Waals surface area contributed by atoms with Crippen molar-refractivity contribution in [3.63, 3.8) is 0 Å². The predicted octanol–water partition coefficient (Wildman–Crippen LogP) is 3.58. The first-order valence-electron chi connectivity index (χ1n) is 6.46. The predicted molar refractivity (Wildman–Crippen MR) is 82.3 cm³/mol. The quantitative estimate of drug-likeness (QED) is 0.657. The van der Waals surface area contributed by atoms with E-state index in [2.05, 4.69) is 10.5 Å². The second-order valence-electron chi connectivity index (χ2n) is 5.63. The van der Waals surface area contributed by atoms with Crippen LogP contribution in [-0.4, -0.2) is 27.8 Å². The van der Waals surface area contributed by atoms with E-state index in [9.17, 15) is 9.59 Å². The smallest absolute Gasteiger partial charge is 0.478 e. The van der Waals surface area contributed by atoms with E-state index in [-0.39, 0.29) is 5.56 Å². The Morgan fingerprint density at radius 1 is 1.32 bits per heavy atom. The van der Waals surface area contributed by atoms with Gasteiger partial charge in [-0.25, -0.2) is 14.6 Å². The van der Waals surface area contributed by atoms with Crippen LogP contribution in [0, 0.1) is 6.92 Å². The lowest BCUT2D eigenvalue weighted by atomic mass is 10.1. The summed E-state index contributed by atoms with van der Waals surface area (Å²) in [5, 5.41) is 9.38. The van der Waals surface area contributed by atoms with Crippen molar-refractivity contribution in [1.29, 1.82) is 0 Å². The molecule has 1 heterocycles. The number of ether oxygens (including phenoxy) is 1. The maximum absolute atomic E-state index is 11.4. The van der Waals surface area contributed by atoms with E-state index >= 15 is 0 Å². The number of carbonyl (C=O) groups excluding carboxylic acids is 1. The number of thiazole rings is 1. The number of carboxylic acids is 1. The number of fused-ring (bicyclic) bond motifs is 1. The molecule has 0 saturated carbocycles. The first kappa shape index (κ1) is 16.0. The van der Waals surface area contributed by atoms with Crippen molar-refractivity contribution in [3.05, 3.63) is 23.3 Å². The van der Waals surface area contributed by atoms with Crippen LogP contribution >= 0.6 is 11.3 Å². The lowest BCUT2D eigenvalue weighted by Crippen LogP contribution is -2.25. The average molecular weight is 324 g/mol. The van der Waals surface area contributed by atoms with Crippen LogP contribution in [0.25, 0.3) is 10.2 Å². The van der Waals surface area contributed by atoms with Crippen LogP contribution in [0.4, 0.5) is 9.93 Å². The summed E-state index contributed by atoms with van der Waals surface area (Å²) < 4.78 is 5.67. The molecule has 0 unspecified atom stereocenters. The maximum Gasteiger partial charge on any atom is 0.533 e. The summed E-state index contributed by atoms with van der Waals surface area (Å²) >= 11 is 1.18. The van der Waals surface area contributed by atoms with Gasteiger partial charge in [0.15, 0.2) is 0 Å². The first-order chi connectivity index (χ1) is 10.2. The van der Waals surface area contributed by atoms with E-state index < -0.39 is 17.7 Å². The van der Waals surface area contributed by atoms with E-state index in [0.29, 0.717) is 15.3 Å². The summed E-state index contributed by atoms with van der Waals surface area (Å²) in [6.45, 7) is 6.95. The van der Waals surface area contributed by atoms with Crippen LogP contribution < -0.4 is 5.48 Å². The number of nitrogens with zero attached hydrogens (tertiary/aromatic N) is 1. The summed E-state index contributed by atoms with van der Waals surface area (Å²) in [5.74, 6) is -1.00. The fourth-order valence-electron chi connectivity index (χ4n) is 1.72. The van der Waals surface area contributed by atoms with E-state index in [4.69, 9.17) is 14.7 Å². The van der Waals surface area contributed by atoms with Crippen molar-refractivity contribution >= 4 is 38.8 Å². The van der Waals surface area contributed by atoms with Crippen molar-refractivity contribution in [3.8, 4) is 0 Å². The molecule has 0 amide bonds. The molecule has 0 bridgehead atoms. The number of aromatic nitrogens is 1. The van der Waals surface area contributed by atoms with Crippen molar-refractivity contribution < 1.29 is 24.3 Å². The number of aromatic carboxylic acids is 1. The van der Waals surface area contributed by atoms with Gasteiger partial charge in [0.1, 0.15) is 5.60 Å². The molecule has 118 valence electrons. The van der Waals surface area contributed by atoms with E-state index in [0.717, 1.165) is 5.56 Å². The molecule has 7 nitrogen and oxygen atoms in total. The number of rotatable bonds is 3. The molecule has 22 heavy (non-hydrogen) atoms. The topological polar surface area (TPSA) is 97.8 Å². The highest BCUT2D eigenvalue weighted by atomic mass is 32.1. The summed E-state index contributed by atoms with van der Waals surface area (Å²) in [7, 11) is 0. The van der Waals surface area contributed by atoms with Crippen LogP contribution in [0.15, 0.2) is 12.1 Å². The van der Waals surface area contributed by atoms with Crippen molar-refractivity contribution in [2.24, 2.45) is 0 Å². The zero-order chi connectivity index (χ0) is 16.5. The minimum absolute atomic E-state index is 0.188. The van der Waals surface area contributed by atoms with Gasteiger partial charge in [-0.1, -0.05) is 11.3 Å². The minimum atomic E-state index is -1.00. The van der Waals surface area contributed by atoms with Crippen LogP contribution in [0.3, 0.4) is 0 Å². The zero-order valence-corrected chi connectivity index (χ0v) is 13.4. The van der Waals surface area contributed by atoms with Gasteiger partial charge in [0.05, 0.1) is 15.8 Å². The van der Waals surface area contributed by atoms with Gasteiger partial charge in [0.2, 0.25) is 5.13 Å². The van der Waals surface area contributed by atoms with E-state index in [1.807, 2.05) is 0 Å². The standard InChI is InChI=1S/C14H16N2O5S/c1-7-5-8(11(17)18)6-9-10(7)15-12(22-9)16-21-13(19)20-14(2,3)4/h5-6H,1-4H3,(H,15,16)(H,17,18). The van der Waals surface area contributed by atoms with Gasteiger partial charge in [0.25, 0.3) is 0 Å². The number of benzene rings is 1. The number of hydrogen-bond acceptors (Lipinski definition) is 7. The summed E-state index contributed by atoms with van der Waals surface area (Å²) in [4.78, 5) is 31.5. The molecule has 2 aromatic rings. The summed E-state index contributed by atoms with van der Waals surface area (Å²) in [6.07, 6.45) is -0.866. The second kappa shape index (κ2) is 5.80. The van der Waals surface area contributed by atoms with Crippen molar-refractivity contribution in [2.75, 3.05) is 5.48 Å². The Labute approximate surface area is 130 Å². The maximum atomic E-state index is 11.4. The Balaban J connectivity index is 2.15. The average Bonchev–Trinajstić information content (AvgIpc) is 2.77. The lowest BCUT2D eigenvalue weighted by Gasteiger charge is -2.18. The second-order valence-corrected chi connectivity index (χ2v) is 6.66. The number of carbonyl (C=O) groups is 2. The number of nitrogens with one attached hydrogen (secondary N) is 1. The Morgan fingerprint density at radius 3 is 2.59 bits per heavy atom. The number of carboxylic acid groups (broad SMARTS) is 1. The first-order valence-corrected chi connectivity index (χ1v) is 7.28.